The number of aromatic nitrogens is 1. The Kier molecular flexibility index (Phi) is 6.17. The highest BCUT2D eigenvalue weighted by Crippen LogP contribution is 2.45. The first kappa shape index (κ1) is 23.3. The molecule has 1 aromatic heterocycles. The van der Waals surface area contributed by atoms with Gasteiger partial charge in [0.1, 0.15) is 5.92 Å². The first-order valence-corrected chi connectivity index (χ1v) is 12.5. The summed E-state index contributed by atoms with van der Waals surface area (Å²) in [5.41, 5.74) is 4.25. The number of amides is 1. The van der Waals surface area contributed by atoms with Crippen molar-refractivity contribution in [2.45, 2.75) is 69.0 Å². The molecule has 0 saturated carbocycles. The molecule has 2 aromatic rings. The van der Waals surface area contributed by atoms with Crippen LogP contribution in [0, 0.1) is 12.8 Å². The molecule has 4 nitrogen and oxygen atoms in total. The number of likely N-dealkylation sites (tertiary alicyclic amines) is 1. The Balaban J connectivity index is 1.44. The summed E-state index contributed by atoms with van der Waals surface area (Å²) in [4.78, 5) is 19.1. The Labute approximate surface area is 198 Å². The molecular formula is C27H34F3N3O+2. The molecule has 2 aliphatic heterocycles. The van der Waals surface area contributed by atoms with Crippen LogP contribution in [0.25, 0.3) is 0 Å². The number of nitrogens with one attached hydrogen (secondary N) is 1. The number of aromatic amines is 1. The van der Waals surface area contributed by atoms with Crippen LogP contribution in [0.1, 0.15) is 60.5 Å². The molecule has 1 amide bonds. The molecule has 0 unspecified atom stereocenters. The third-order valence-electron chi connectivity index (χ3n) is 8.37. The van der Waals surface area contributed by atoms with Crippen molar-refractivity contribution in [2.24, 2.45) is 5.92 Å². The number of benzene rings is 1. The molecule has 0 radical (unpaired) electrons. The van der Waals surface area contributed by atoms with E-state index in [9.17, 15) is 18.0 Å². The fourth-order valence-electron chi connectivity index (χ4n) is 6.85. The molecule has 3 N–H and O–H groups in total. The van der Waals surface area contributed by atoms with Crippen molar-refractivity contribution in [1.82, 2.24) is 4.90 Å². The van der Waals surface area contributed by atoms with Crippen LogP contribution in [0.2, 0.25) is 0 Å². The van der Waals surface area contributed by atoms with Crippen molar-refractivity contribution in [3.8, 4) is 0 Å². The highest BCUT2D eigenvalue weighted by Gasteiger charge is 2.56. The minimum absolute atomic E-state index is 0.0506. The number of hydrogen-bond donors (Lipinski definition) is 1. The van der Waals surface area contributed by atoms with Crippen molar-refractivity contribution in [3.05, 3.63) is 65.0 Å². The third kappa shape index (κ3) is 4.35. The number of carbonyl (C=O) groups excluding carboxylic acids is 1. The number of quaternary nitrogens is 1. The molecule has 34 heavy (non-hydrogen) atoms. The van der Waals surface area contributed by atoms with Gasteiger partial charge in [0, 0.05) is 37.6 Å². The van der Waals surface area contributed by atoms with Gasteiger partial charge >= 0.3 is 6.18 Å². The lowest BCUT2D eigenvalue weighted by molar-refractivity contribution is -0.640. The number of pyridine rings is 1. The topological polar surface area (TPSA) is 51.1 Å². The van der Waals surface area contributed by atoms with Crippen LogP contribution >= 0.6 is 0 Å². The van der Waals surface area contributed by atoms with E-state index in [0.29, 0.717) is 25.9 Å². The zero-order valence-electron chi connectivity index (χ0n) is 19.7. The number of alkyl halides is 3. The Morgan fingerprint density at radius 3 is 2.76 bits per heavy atom. The van der Waals surface area contributed by atoms with E-state index < -0.39 is 18.6 Å². The maximum absolute atomic E-state index is 14.0. The van der Waals surface area contributed by atoms with Crippen molar-refractivity contribution < 1.29 is 28.3 Å². The van der Waals surface area contributed by atoms with Crippen LogP contribution in [0.4, 0.5) is 13.2 Å². The maximum atomic E-state index is 14.0. The van der Waals surface area contributed by atoms with Gasteiger partial charge in [-0.3, -0.25) is 4.79 Å². The number of nitrogens with two attached hydrogens (primary N) is 1. The first-order valence-electron chi connectivity index (χ1n) is 12.5. The van der Waals surface area contributed by atoms with Crippen molar-refractivity contribution >= 4 is 5.91 Å². The summed E-state index contributed by atoms with van der Waals surface area (Å²) in [5.74, 6) is -0.315. The number of rotatable bonds is 3. The van der Waals surface area contributed by atoms with Crippen LogP contribution in [0.3, 0.4) is 0 Å². The number of H-pyrrole nitrogens is 1. The maximum Gasteiger partial charge on any atom is 0.391 e. The summed E-state index contributed by atoms with van der Waals surface area (Å²) in [5, 5.41) is 2.19. The lowest BCUT2D eigenvalue weighted by Gasteiger charge is -2.43. The Morgan fingerprint density at radius 2 is 2.00 bits per heavy atom. The van der Waals surface area contributed by atoms with E-state index >= 15 is 0 Å². The zero-order chi connectivity index (χ0) is 23.9. The largest absolute Gasteiger partial charge is 0.391 e. The van der Waals surface area contributed by atoms with Gasteiger partial charge in [0.15, 0.2) is 11.4 Å². The average Bonchev–Trinajstić information content (AvgIpc) is 3.22. The molecule has 3 heterocycles. The monoisotopic (exact) mass is 473 g/mol. The predicted molar refractivity (Wildman–Crippen MR) is 122 cm³/mol. The van der Waals surface area contributed by atoms with Gasteiger partial charge in [-0.05, 0) is 43.2 Å². The van der Waals surface area contributed by atoms with Crippen LogP contribution in [-0.4, -0.2) is 42.7 Å². The van der Waals surface area contributed by atoms with Gasteiger partial charge in [-0.2, -0.15) is 13.2 Å². The quantitative estimate of drug-likeness (QED) is 0.731. The molecular weight excluding hydrogens is 439 g/mol. The van der Waals surface area contributed by atoms with Crippen LogP contribution < -0.4 is 10.3 Å². The fraction of sp³-hybridized carbons (Fsp3) is 0.556. The summed E-state index contributed by atoms with van der Waals surface area (Å²) in [6, 6.07) is 13.2. The van der Waals surface area contributed by atoms with Gasteiger partial charge in [0.05, 0.1) is 24.9 Å². The zero-order valence-corrected chi connectivity index (χ0v) is 19.7. The number of fused-ring (bicyclic) bond motifs is 2. The van der Waals surface area contributed by atoms with Gasteiger partial charge in [-0.15, -0.1) is 0 Å². The van der Waals surface area contributed by atoms with Crippen LogP contribution in [-0.2, 0) is 16.6 Å². The Morgan fingerprint density at radius 1 is 1.21 bits per heavy atom. The van der Waals surface area contributed by atoms with E-state index in [4.69, 9.17) is 0 Å². The standard InChI is InChI=1S/C27H32F3N3O/c1-18-9-10-22-24(32-18)8-5-12-26(22)17-31-16-23(26)25(34)33-13-11-20(19-6-3-2-4-7-19)14-21(33)15-27(28,29)30/h2-4,6-7,9-10,20-21,23,31H,5,8,11-17H2,1H3/p+2/t20-,21+,23+,26+/m1/s1. The molecule has 4 atom stereocenters. The number of halogens is 3. The summed E-state index contributed by atoms with van der Waals surface area (Å²) in [6.07, 6.45) is -1.31. The van der Waals surface area contributed by atoms with E-state index in [0.717, 1.165) is 37.1 Å². The van der Waals surface area contributed by atoms with Crippen LogP contribution in [0.15, 0.2) is 42.5 Å². The number of aryl methyl sites for hydroxylation is 2. The van der Waals surface area contributed by atoms with Gasteiger partial charge in [-0.1, -0.05) is 30.3 Å². The summed E-state index contributed by atoms with van der Waals surface area (Å²) in [7, 11) is 0. The molecule has 3 aliphatic rings. The van der Waals surface area contributed by atoms with Gasteiger partial charge in [-0.25, -0.2) is 4.98 Å². The number of hydrogen-bond acceptors (Lipinski definition) is 1. The van der Waals surface area contributed by atoms with Crippen molar-refractivity contribution in [1.29, 1.82) is 0 Å². The molecule has 2 saturated heterocycles. The lowest BCUT2D eigenvalue weighted by atomic mass is 9.65. The van der Waals surface area contributed by atoms with Crippen molar-refractivity contribution in [2.75, 3.05) is 19.6 Å². The minimum Gasteiger partial charge on any atom is -0.345 e. The summed E-state index contributed by atoms with van der Waals surface area (Å²) < 4.78 is 40.9. The van der Waals surface area contributed by atoms with E-state index in [2.05, 4.69) is 22.4 Å². The van der Waals surface area contributed by atoms with Gasteiger partial charge in [0.2, 0.25) is 5.91 Å². The second-order valence-corrected chi connectivity index (χ2v) is 10.5. The Hall–Kier alpha value is -2.41. The number of carbonyl (C=O) groups is 1. The SMILES string of the molecule is Cc1ccc2c([nH+]1)CCC[C@]21C[NH2+]C[C@H]1C(=O)N1CC[C@@H](c2ccccc2)C[C@H]1CC(F)(F)F. The highest BCUT2D eigenvalue weighted by molar-refractivity contribution is 5.82. The van der Waals surface area contributed by atoms with Gasteiger partial charge in [0.25, 0.3) is 0 Å². The highest BCUT2D eigenvalue weighted by atomic mass is 19.4. The van der Waals surface area contributed by atoms with E-state index in [1.165, 1.54) is 11.3 Å². The second-order valence-electron chi connectivity index (χ2n) is 10.5. The molecule has 182 valence electrons. The molecule has 0 bridgehead atoms. The molecule has 5 rings (SSSR count). The molecule has 2 fully saturated rings. The summed E-state index contributed by atoms with van der Waals surface area (Å²) in [6.45, 7) is 3.88. The normalized spacial score (nSPS) is 29.3. The predicted octanol–water partition coefficient (Wildman–Crippen LogP) is 3.30. The van der Waals surface area contributed by atoms with E-state index in [1.54, 1.807) is 4.90 Å². The van der Waals surface area contributed by atoms with Crippen molar-refractivity contribution in [3.63, 3.8) is 0 Å². The second kappa shape index (κ2) is 8.99. The molecule has 1 aliphatic carbocycles. The van der Waals surface area contributed by atoms with Gasteiger partial charge < -0.3 is 10.2 Å². The molecule has 1 spiro atoms. The van der Waals surface area contributed by atoms with Crippen LogP contribution in [0.5, 0.6) is 0 Å². The lowest BCUT2D eigenvalue weighted by Crippen LogP contribution is -2.82. The Bertz CT molecular complexity index is 1040. The average molecular weight is 474 g/mol. The fourth-order valence-corrected chi connectivity index (χ4v) is 6.85. The summed E-state index contributed by atoms with van der Waals surface area (Å²) >= 11 is 0. The minimum atomic E-state index is -4.30. The van der Waals surface area contributed by atoms with E-state index in [-0.39, 0.29) is 23.2 Å². The first-order chi connectivity index (χ1) is 16.3. The number of nitrogens with zero attached hydrogens (tertiary/aromatic N) is 1. The third-order valence-corrected chi connectivity index (χ3v) is 8.37. The molecule has 1 aromatic carbocycles. The smallest absolute Gasteiger partial charge is 0.345 e. The molecule has 7 heteroatoms. The van der Waals surface area contributed by atoms with E-state index in [1.807, 2.05) is 37.3 Å². The number of piperidine rings is 1.